The van der Waals surface area contributed by atoms with Gasteiger partial charge in [-0.1, -0.05) is 31.1 Å². The molecule has 96 valence electrons. The summed E-state index contributed by atoms with van der Waals surface area (Å²) in [6.07, 6.45) is 4.10. The summed E-state index contributed by atoms with van der Waals surface area (Å²) in [5.74, 6) is 1.84. The molecule has 2 heterocycles. The van der Waals surface area contributed by atoms with E-state index in [0.29, 0.717) is 11.5 Å². The molecule has 4 aliphatic rings. The Kier molecular flexibility index (Phi) is 2.31. The Morgan fingerprint density at radius 1 is 1.33 bits per heavy atom. The van der Waals surface area contributed by atoms with E-state index in [-0.39, 0.29) is 0 Å². The molecule has 0 saturated heterocycles. The van der Waals surface area contributed by atoms with Gasteiger partial charge in [0.15, 0.2) is 0 Å². The van der Waals surface area contributed by atoms with Crippen molar-refractivity contribution in [3.63, 3.8) is 0 Å². The fraction of sp³-hybridized carbons (Fsp3) is 0.625. The number of rotatable bonds is 1. The molecule has 3 aliphatic carbocycles. The standard InChI is InChI=1S/C16H21NS/c1-16(2)11-6-10-7-14(15-4-3-5-18-15)17-9-12(10)13(16)8-11/h3-5,11,13-14,17H,6-9H2,1-2H3. The van der Waals surface area contributed by atoms with Gasteiger partial charge in [0.1, 0.15) is 0 Å². The fourth-order valence-electron chi connectivity index (χ4n) is 4.33. The van der Waals surface area contributed by atoms with Crippen LogP contribution in [0, 0.1) is 17.3 Å². The number of thiophene rings is 1. The lowest BCUT2D eigenvalue weighted by Crippen LogP contribution is -2.52. The highest BCUT2D eigenvalue weighted by atomic mass is 32.1. The van der Waals surface area contributed by atoms with Crippen LogP contribution in [0.25, 0.3) is 0 Å². The normalized spacial score (nSPS) is 37.1. The molecule has 2 bridgehead atoms. The molecule has 1 N–H and O–H groups in total. The summed E-state index contributed by atoms with van der Waals surface area (Å²) in [5, 5.41) is 5.96. The third-order valence-electron chi connectivity index (χ3n) is 5.71. The molecule has 0 radical (unpaired) electrons. The quantitative estimate of drug-likeness (QED) is 0.747. The zero-order valence-electron chi connectivity index (χ0n) is 11.2. The van der Waals surface area contributed by atoms with Crippen molar-refractivity contribution in [2.24, 2.45) is 17.3 Å². The van der Waals surface area contributed by atoms with Crippen LogP contribution in [0.1, 0.15) is 44.0 Å². The van der Waals surface area contributed by atoms with Gasteiger partial charge in [0.25, 0.3) is 0 Å². The topological polar surface area (TPSA) is 12.0 Å². The molecule has 1 saturated carbocycles. The molecule has 1 nitrogen and oxygen atoms in total. The Balaban J connectivity index is 1.62. The monoisotopic (exact) mass is 259 g/mol. The molecule has 5 rings (SSSR count). The van der Waals surface area contributed by atoms with E-state index in [1.807, 2.05) is 11.3 Å². The van der Waals surface area contributed by atoms with Gasteiger partial charge in [-0.2, -0.15) is 0 Å². The van der Waals surface area contributed by atoms with Crippen molar-refractivity contribution < 1.29 is 0 Å². The minimum absolute atomic E-state index is 0.580. The molecule has 1 aliphatic heterocycles. The van der Waals surface area contributed by atoms with Crippen LogP contribution in [0.3, 0.4) is 0 Å². The number of hydrogen-bond donors (Lipinski definition) is 1. The molecule has 1 fully saturated rings. The Bertz CT molecular complexity index is 497. The molecule has 2 heteroatoms. The van der Waals surface area contributed by atoms with E-state index in [9.17, 15) is 0 Å². The molecule has 0 spiro atoms. The van der Waals surface area contributed by atoms with Crippen LogP contribution >= 0.6 is 11.3 Å². The minimum Gasteiger partial charge on any atom is -0.305 e. The molecule has 1 aromatic heterocycles. The van der Waals surface area contributed by atoms with Gasteiger partial charge in [0.2, 0.25) is 0 Å². The van der Waals surface area contributed by atoms with Crippen LogP contribution in [-0.2, 0) is 0 Å². The zero-order valence-corrected chi connectivity index (χ0v) is 12.0. The average molecular weight is 259 g/mol. The second kappa shape index (κ2) is 3.71. The van der Waals surface area contributed by atoms with Crippen molar-refractivity contribution in [3.8, 4) is 0 Å². The third-order valence-corrected chi connectivity index (χ3v) is 6.70. The van der Waals surface area contributed by atoms with Crippen molar-refractivity contribution in [1.29, 1.82) is 0 Å². The Hall–Kier alpha value is -0.600. The molecule has 3 unspecified atom stereocenters. The highest BCUT2D eigenvalue weighted by Crippen LogP contribution is 2.62. The first-order chi connectivity index (χ1) is 8.66. The molecule has 3 atom stereocenters. The summed E-state index contributed by atoms with van der Waals surface area (Å²) in [6.45, 7) is 6.08. The van der Waals surface area contributed by atoms with Gasteiger partial charge in [-0.15, -0.1) is 11.3 Å². The van der Waals surface area contributed by atoms with Gasteiger partial charge in [0.05, 0.1) is 0 Å². The minimum atomic E-state index is 0.580. The maximum absolute atomic E-state index is 3.77. The lowest BCUT2D eigenvalue weighted by molar-refractivity contribution is -0.0154. The molecule has 0 aromatic carbocycles. The van der Waals surface area contributed by atoms with Crippen LogP contribution in [0.15, 0.2) is 28.7 Å². The van der Waals surface area contributed by atoms with E-state index in [1.165, 1.54) is 24.1 Å². The summed E-state index contributed by atoms with van der Waals surface area (Å²) in [5.41, 5.74) is 4.15. The zero-order chi connectivity index (χ0) is 12.3. The Labute approximate surface area is 113 Å². The summed E-state index contributed by atoms with van der Waals surface area (Å²) in [6, 6.07) is 5.04. The number of hydrogen-bond acceptors (Lipinski definition) is 2. The maximum atomic E-state index is 3.77. The second-order valence-electron chi connectivity index (χ2n) is 6.79. The van der Waals surface area contributed by atoms with Gasteiger partial charge in [-0.25, -0.2) is 0 Å². The molecule has 0 amide bonds. The molecular formula is C16H21NS. The van der Waals surface area contributed by atoms with Crippen molar-refractivity contribution >= 4 is 11.3 Å². The van der Waals surface area contributed by atoms with E-state index in [1.54, 1.807) is 11.1 Å². The van der Waals surface area contributed by atoms with E-state index < -0.39 is 0 Å². The van der Waals surface area contributed by atoms with Crippen LogP contribution < -0.4 is 5.32 Å². The van der Waals surface area contributed by atoms with E-state index >= 15 is 0 Å². The first kappa shape index (κ1) is 11.2. The van der Waals surface area contributed by atoms with E-state index in [2.05, 4.69) is 36.7 Å². The predicted molar refractivity (Wildman–Crippen MR) is 76.7 cm³/mol. The van der Waals surface area contributed by atoms with Gasteiger partial charge < -0.3 is 5.32 Å². The molecule has 1 aromatic rings. The van der Waals surface area contributed by atoms with Crippen molar-refractivity contribution in [1.82, 2.24) is 5.32 Å². The van der Waals surface area contributed by atoms with E-state index in [4.69, 9.17) is 0 Å². The fourth-order valence-corrected chi connectivity index (χ4v) is 5.14. The largest absolute Gasteiger partial charge is 0.305 e. The van der Waals surface area contributed by atoms with Crippen LogP contribution in [0.4, 0.5) is 0 Å². The van der Waals surface area contributed by atoms with Crippen molar-refractivity contribution in [3.05, 3.63) is 33.5 Å². The van der Waals surface area contributed by atoms with Crippen molar-refractivity contribution in [2.45, 2.75) is 39.2 Å². The Morgan fingerprint density at radius 2 is 2.22 bits per heavy atom. The number of nitrogens with one attached hydrogen (secondary N) is 1. The second-order valence-corrected chi connectivity index (χ2v) is 7.77. The molecular weight excluding hydrogens is 238 g/mol. The van der Waals surface area contributed by atoms with Gasteiger partial charge in [0, 0.05) is 17.5 Å². The van der Waals surface area contributed by atoms with Crippen molar-refractivity contribution in [2.75, 3.05) is 6.54 Å². The highest BCUT2D eigenvalue weighted by molar-refractivity contribution is 7.10. The summed E-state index contributed by atoms with van der Waals surface area (Å²) in [7, 11) is 0. The third kappa shape index (κ3) is 1.42. The summed E-state index contributed by atoms with van der Waals surface area (Å²) < 4.78 is 0. The lowest BCUT2D eigenvalue weighted by atomic mass is 9.46. The van der Waals surface area contributed by atoms with Gasteiger partial charge >= 0.3 is 0 Å². The lowest BCUT2D eigenvalue weighted by Gasteiger charge is -2.59. The van der Waals surface area contributed by atoms with Crippen LogP contribution in [-0.4, -0.2) is 6.54 Å². The smallest absolute Gasteiger partial charge is 0.0455 e. The molecule has 18 heavy (non-hydrogen) atoms. The maximum Gasteiger partial charge on any atom is 0.0455 e. The van der Waals surface area contributed by atoms with Crippen LogP contribution in [0.5, 0.6) is 0 Å². The summed E-state index contributed by atoms with van der Waals surface area (Å²) >= 11 is 1.90. The van der Waals surface area contributed by atoms with Gasteiger partial charge in [-0.3, -0.25) is 0 Å². The highest BCUT2D eigenvalue weighted by Gasteiger charge is 2.53. The Morgan fingerprint density at radius 3 is 2.94 bits per heavy atom. The first-order valence-electron chi connectivity index (χ1n) is 7.14. The van der Waals surface area contributed by atoms with Gasteiger partial charge in [-0.05, 0) is 48.0 Å². The SMILES string of the molecule is CC1(C)C2CC3=C(CNC(c4cccs4)C3)C1C2. The predicted octanol–water partition coefficient (Wildman–Crippen LogP) is 4.15. The average Bonchev–Trinajstić information content (AvgIpc) is 2.91. The first-order valence-corrected chi connectivity index (χ1v) is 8.02. The van der Waals surface area contributed by atoms with Crippen LogP contribution in [0.2, 0.25) is 0 Å². The van der Waals surface area contributed by atoms with E-state index in [0.717, 1.165) is 18.4 Å². The summed E-state index contributed by atoms with van der Waals surface area (Å²) in [4.78, 5) is 1.51.